The summed E-state index contributed by atoms with van der Waals surface area (Å²) in [5.41, 5.74) is 4.18. The molecule has 2 aromatic rings. The van der Waals surface area contributed by atoms with Gasteiger partial charge in [0.05, 0.1) is 0 Å². The molecule has 0 spiro atoms. The van der Waals surface area contributed by atoms with Crippen molar-refractivity contribution in [1.82, 2.24) is 0 Å². The van der Waals surface area contributed by atoms with Crippen LogP contribution in [0.1, 0.15) is 43.4 Å². The van der Waals surface area contributed by atoms with Gasteiger partial charge in [0.25, 0.3) is 5.91 Å². The summed E-state index contributed by atoms with van der Waals surface area (Å²) in [7, 11) is 3.85. The normalized spacial score (nSPS) is 12.1. The summed E-state index contributed by atoms with van der Waals surface area (Å²) >= 11 is 0. The number of para-hydroxylation sites is 1. The number of nitrogens with one attached hydrogen (secondary N) is 1. The molecule has 6 heteroatoms. The van der Waals surface area contributed by atoms with E-state index >= 15 is 0 Å². The Hall–Kier alpha value is -3.59. The first-order valence-electron chi connectivity index (χ1n) is 10.1. The lowest BCUT2D eigenvalue weighted by molar-refractivity contribution is -0.148. The molecule has 0 aliphatic carbocycles. The summed E-state index contributed by atoms with van der Waals surface area (Å²) in [5.74, 6) is -1.06. The zero-order valence-corrected chi connectivity index (χ0v) is 18.9. The molecule has 6 nitrogen and oxygen atoms in total. The molecule has 0 aromatic heterocycles. The van der Waals surface area contributed by atoms with Gasteiger partial charge in [-0.2, -0.15) is 5.26 Å². The van der Waals surface area contributed by atoms with E-state index in [1.807, 2.05) is 88.3 Å². The maximum absolute atomic E-state index is 12.7. The molecule has 0 aliphatic heterocycles. The Bertz CT molecular complexity index is 1020. The second-order valence-electron chi connectivity index (χ2n) is 7.89. The molecule has 0 bridgehead atoms. The fraction of sp³-hybridized carbons (Fsp3) is 0.320. The highest BCUT2D eigenvalue weighted by Gasteiger charge is 2.22. The molecule has 0 aliphatic rings. The van der Waals surface area contributed by atoms with Crippen molar-refractivity contribution in [1.29, 1.82) is 5.26 Å². The van der Waals surface area contributed by atoms with Gasteiger partial charge in [-0.05, 0) is 54.7 Å². The lowest BCUT2D eigenvalue weighted by Gasteiger charge is -2.19. The van der Waals surface area contributed by atoms with E-state index in [1.54, 1.807) is 0 Å². The molecule has 162 valence electrons. The van der Waals surface area contributed by atoms with Gasteiger partial charge in [-0.1, -0.05) is 44.2 Å². The first kappa shape index (κ1) is 23.7. The molecule has 0 radical (unpaired) electrons. The van der Waals surface area contributed by atoms with Gasteiger partial charge < -0.3 is 15.0 Å². The largest absolute Gasteiger partial charge is 0.448 e. The van der Waals surface area contributed by atoms with Crippen LogP contribution in [0.15, 0.2) is 48.0 Å². The van der Waals surface area contributed by atoms with Gasteiger partial charge >= 0.3 is 5.97 Å². The zero-order valence-electron chi connectivity index (χ0n) is 18.9. The highest BCUT2D eigenvalue weighted by atomic mass is 16.5. The number of carbonyl (C=O) groups is 2. The van der Waals surface area contributed by atoms with Crippen molar-refractivity contribution < 1.29 is 14.3 Å². The lowest BCUT2D eigenvalue weighted by atomic mass is 9.98. The van der Waals surface area contributed by atoms with Crippen molar-refractivity contribution in [2.24, 2.45) is 0 Å². The molecule has 0 heterocycles. The predicted molar refractivity (Wildman–Crippen MR) is 124 cm³/mol. The van der Waals surface area contributed by atoms with Crippen LogP contribution >= 0.6 is 0 Å². The van der Waals surface area contributed by atoms with E-state index in [4.69, 9.17) is 4.74 Å². The number of amides is 1. The number of rotatable bonds is 7. The fourth-order valence-corrected chi connectivity index (χ4v) is 3.02. The van der Waals surface area contributed by atoms with Crippen LogP contribution in [0, 0.1) is 18.3 Å². The fourth-order valence-electron chi connectivity index (χ4n) is 3.02. The van der Waals surface area contributed by atoms with Crippen molar-refractivity contribution in [2.75, 3.05) is 24.3 Å². The van der Waals surface area contributed by atoms with Crippen molar-refractivity contribution in [3.63, 3.8) is 0 Å². The van der Waals surface area contributed by atoms with E-state index < -0.39 is 18.0 Å². The van der Waals surface area contributed by atoms with Crippen LogP contribution in [0.2, 0.25) is 0 Å². The predicted octanol–water partition coefficient (Wildman–Crippen LogP) is 4.66. The van der Waals surface area contributed by atoms with Crippen LogP contribution in [0.5, 0.6) is 0 Å². The highest BCUT2D eigenvalue weighted by molar-refractivity contribution is 6.01. The molecule has 0 unspecified atom stereocenters. The third-order valence-electron chi connectivity index (χ3n) is 4.89. The maximum Gasteiger partial charge on any atom is 0.349 e. The Morgan fingerprint density at radius 3 is 2.29 bits per heavy atom. The molecule has 0 saturated carbocycles. The van der Waals surface area contributed by atoms with Gasteiger partial charge in [0.15, 0.2) is 6.10 Å². The molecule has 2 aromatic carbocycles. The molecule has 31 heavy (non-hydrogen) atoms. The third kappa shape index (κ3) is 6.19. The standard InChI is InChI=1S/C25H29N3O3/c1-16(2)22-9-7-8-17(3)23(22)27-24(29)18(4)31-25(30)20(15-26)14-19-10-12-21(13-11-19)28(5)6/h7-14,16,18H,1-6H3,(H,27,29)/b20-14+/t18-/m0/s1. The van der Waals surface area contributed by atoms with E-state index in [0.717, 1.165) is 22.5 Å². The van der Waals surface area contributed by atoms with Crippen LogP contribution < -0.4 is 10.2 Å². The van der Waals surface area contributed by atoms with Crippen molar-refractivity contribution in [3.8, 4) is 6.07 Å². The first-order valence-corrected chi connectivity index (χ1v) is 10.1. The minimum atomic E-state index is -1.06. The first-order chi connectivity index (χ1) is 14.6. The molecule has 0 saturated heterocycles. The van der Waals surface area contributed by atoms with E-state index in [1.165, 1.54) is 13.0 Å². The van der Waals surface area contributed by atoms with E-state index in [9.17, 15) is 14.9 Å². The number of hydrogen-bond donors (Lipinski definition) is 1. The van der Waals surface area contributed by atoms with Gasteiger partial charge in [0, 0.05) is 25.5 Å². The van der Waals surface area contributed by atoms with E-state index in [2.05, 4.69) is 5.32 Å². The van der Waals surface area contributed by atoms with Gasteiger partial charge in [-0.25, -0.2) is 4.79 Å². The number of hydrogen-bond acceptors (Lipinski definition) is 5. The van der Waals surface area contributed by atoms with E-state index in [0.29, 0.717) is 5.56 Å². The van der Waals surface area contributed by atoms with Crippen LogP contribution in [0.4, 0.5) is 11.4 Å². The van der Waals surface area contributed by atoms with Crippen LogP contribution in [0.25, 0.3) is 6.08 Å². The minimum Gasteiger partial charge on any atom is -0.448 e. The van der Waals surface area contributed by atoms with Gasteiger partial charge in [0.1, 0.15) is 11.6 Å². The topological polar surface area (TPSA) is 82.4 Å². The summed E-state index contributed by atoms with van der Waals surface area (Å²) in [6.07, 6.45) is 0.393. The highest BCUT2D eigenvalue weighted by Crippen LogP contribution is 2.27. The number of benzene rings is 2. The number of aryl methyl sites for hydroxylation is 1. The van der Waals surface area contributed by atoms with Crippen LogP contribution in [0.3, 0.4) is 0 Å². The van der Waals surface area contributed by atoms with Crippen LogP contribution in [-0.2, 0) is 14.3 Å². The summed E-state index contributed by atoms with van der Waals surface area (Å²) in [4.78, 5) is 27.1. The summed E-state index contributed by atoms with van der Waals surface area (Å²) in [6.45, 7) is 7.49. The van der Waals surface area contributed by atoms with Crippen LogP contribution in [-0.4, -0.2) is 32.1 Å². The second-order valence-corrected chi connectivity index (χ2v) is 7.89. The number of nitriles is 1. The Morgan fingerprint density at radius 1 is 1.10 bits per heavy atom. The number of anilines is 2. The second kappa shape index (κ2) is 10.4. The molecule has 0 fully saturated rings. The van der Waals surface area contributed by atoms with Crippen molar-refractivity contribution >= 4 is 29.3 Å². The Labute approximate surface area is 184 Å². The summed E-state index contributed by atoms with van der Waals surface area (Å²) in [5, 5.41) is 12.3. The molecular formula is C25H29N3O3. The number of carbonyl (C=O) groups excluding carboxylic acids is 2. The maximum atomic E-state index is 12.7. The van der Waals surface area contributed by atoms with E-state index in [-0.39, 0.29) is 11.5 Å². The molecule has 1 N–H and O–H groups in total. The average Bonchev–Trinajstić information content (AvgIpc) is 2.73. The summed E-state index contributed by atoms with van der Waals surface area (Å²) < 4.78 is 5.26. The molecule has 1 amide bonds. The Kier molecular flexibility index (Phi) is 7.98. The lowest BCUT2D eigenvalue weighted by Crippen LogP contribution is -2.31. The summed E-state index contributed by atoms with van der Waals surface area (Å²) in [6, 6.07) is 15.1. The number of esters is 1. The van der Waals surface area contributed by atoms with Gasteiger partial charge in [0.2, 0.25) is 0 Å². The van der Waals surface area contributed by atoms with Gasteiger partial charge in [-0.3, -0.25) is 4.79 Å². The Balaban J connectivity index is 2.11. The minimum absolute atomic E-state index is 0.170. The Morgan fingerprint density at radius 2 is 1.74 bits per heavy atom. The SMILES string of the molecule is Cc1cccc(C(C)C)c1NC(=O)[C@H](C)OC(=O)/C(C#N)=C/c1ccc(N(C)C)cc1. The van der Waals surface area contributed by atoms with Gasteiger partial charge in [-0.15, -0.1) is 0 Å². The average molecular weight is 420 g/mol. The van der Waals surface area contributed by atoms with Crippen molar-refractivity contribution in [2.45, 2.75) is 39.7 Å². The monoisotopic (exact) mass is 419 g/mol. The van der Waals surface area contributed by atoms with Crippen molar-refractivity contribution in [3.05, 3.63) is 64.7 Å². The molecular weight excluding hydrogens is 390 g/mol. The number of ether oxygens (including phenoxy) is 1. The quantitative estimate of drug-likeness (QED) is 0.401. The zero-order chi connectivity index (χ0) is 23.1. The molecule has 1 atom stereocenters. The third-order valence-corrected chi connectivity index (χ3v) is 4.89. The molecule has 2 rings (SSSR count). The number of nitrogens with zero attached hydrogens (tertiary/aromatic N) is 2. The smallest absolute Gasteiger partial charge is 0.349 e.